The number of aliphatic hydroxyl groups excluding tert-OH is 1. The van der Waals surface area contributed by atoms with Gasteiger partial charge in [-0.15, -0.1) is 0 Å². The molecule has 0 bridgehead atoms. The molecule has 6 heteroatoms. The molecule has 1 fully saturated rings. The summed E-state index contributed by atoms with van der Waals surface area (Å²) >= 11 is 0. The van der Waals surface area contributed by atoms with Gasteiger partial charge in [0.2, 0.25) is 0 Å². The van der Waals surface area contributed by atoms with Crippen molar-refractivity contribution in [3.05, 3.63) is 17.5 Å². The molecule has 1 atom stereocenters. The third-order valence-corrected chi connectivity index (χ3v) is 5.42. The van der Waals surface area contributed by atoms with E-state index in [0.717, 1.165) is 37.2 Å². The monoisotopic (exact) mass is 347 g/mol. The fourth-order valence-electron chi connectivity index (χ4n) is 4.82. The number of hydrogen-bond donors (Lipinski definition) is 1. The molecule has 0 amide bonds. The molecule has 1 N–H and O–H groups in total. The average molecular weight is 348 g/mol. The molecule has 2 aliphatic rings. The first kappa shape index (κ1) is 18.4. The molecule has 3 rings (SSSR count). The van der Waals surface area contributed by atoms with Crippen LogP contribution in [0, 0.1) is 10.8 Å². The van der Waals surface area contributed by atoms with Gasteiger partial charge in [0.25, 0.3) is 0 Å². The first-order valence-electron chi connectivity index (χ1n) is 9.29. The minimum Gasteiger partial charge on any atom is -0.368 e. The van der Waals surface area contributed by atoms with Gasteiger partial charge >= 0.3 is 0 Å². The van der Waals surface area contributed by atoms with Gasteiger partial charge in [-0.3, -0.25) is 9.69 Å². The van der Waals surface area contributed by atoms with Gasteiger partial charge in [0.15, 0.2) is 6.23 Å². The number of nitrogens with zero attached hydrogens (tertiary/aromatic N) is 5. The fraction of sp³-hybridized carbons (Fsp3) is 0.789. The second kappa shape index (κ2) is 6.40. The summed E-state index contributed by atoms with van der Waals surface area (Å²) in [5.41, 5.74) is 2.32. The SMILES string of the molecule is CN(C)CCn1ncc2c1C=NN(C1CC(C)(C)CC(C)(C)C1)C2O. The van der Waals surface area contributed by atoms with Crippen LogP contribution in [-0.4, -0.2) is 57.7 Å². The lowest BCUT2D eigenvalue weighted by molar-refractivity contribution is -0.0715. The van der Waals surface area contributed by atoms with E-state index in [4.69, 9.17) is 0 Å². The molecule has 0 radical (unpaired) electrons. The van der Waals surface area contributed by atoms with E-state index >= 15 is 0 Å². The first-order chi connectivity index (χ1) is 11.6. The van der Waals surface area contributed by atoms with E-state index in [1.807, 2.05) is 30.0 Å². The predicted molar refractivity (Wildman–Crippen MR) is 100 cm³/mol. The third-order valence-electron chi connectivity index (χ3n) is 5.42. The van der Waals surface area contributed by atoms with Gasteiger partial charge in [-0.1, -0.05) is 27.7 Å². The first-order valence-corrected chi connectivity index (χ1v) is 9.29. The second-order valence-electron chi connectivity index (χ2n) is 9.58. The lowest BCUT2D eigenvalue weighted by atomic mass is 9.63. The fourth-order valence-corrected chi connectivity index (χ4v) is 4.82. The Kier molecular flexibility index (Phi) is 4.71. The molecule has 1 aromatic rings. The van der Waals surface area contributed by atoms with Gasteiger partial charge < -0.3 is 10.0 Å². The number of aliphatic hydroxyl groups is 1. The zero-order valence-electron chi connectivity index (χ0n) is 16.5. The quantitative estimate of drug-likeness (QED) is 0.910. The van der Waals surface area contributed by atoms with Crippen molar-refractivity contribution in [2.75, 3.05) is 20.6 Å². The van der Waals surface area contributed by atoms with Crippen LogP contribution < -0.4 is 0 Å². The topological polar surface area (TPSA) is 56.9 Å². The van der Waals surface area contributed by atoms with Gasteiger partial charge in [0.05, 0.1) is 30.7 Å². The van der Waals surface area contributed by atoms with Crippen molar-refractivity contribution in [2.24, 2.45) is 15.9 Å². The minimum absolute atomic E-state index is 0.253. The van der Waals surface area contributed by atoms with E-state index in [0.29, 0.717) is 0 Å². The number of fused-ring (bicyclic) bond motifs is 1. The summed E-state index contributed by atoms with van der Waals surface area (Å²) in [6.45, 7) is 11.0. The summed E-state index contributed by atoms with van der Waals surface area (Å²) in [5, 5.41) is 22.0. The van der Waals surface area contributed by atoms with E-state index in [1.54, 1.807) is 6.20 Å². The minimum atomic E-state index is -0.706. The Balaban J connectivity index is 1.80. The molecule has 2 heterocycles. The lowest BCUT2D eigenvalue weighted by Crippen LogP contribution is -2.46. The molecule has 140 valence electrons. The summed E-state index contributed by atoms with van der Waals surface area (Å²) in [7, 11) is 4.10. The Morgan fingerprint density at radius 3 is 2.44 bits per heavy atom. The highest BCUT2D eigenvalue weighted by atomic mass is 16.3. The molecule has 1 saturated carbocycles. The molecule has 0 saturated heterocycles. The van der Waals surface area contributed by atoms with Crippen LogP contribution in [0.25, 0.3) is 0 Å². The van der Waals surface area contributed by atoms with Crippen molar-refractivity contribution in [2.45, 2.75) is 65.8 Å². The molecule has 0 spiro atoms. The summed E-state index contributed by atoms with van der Waals surface area (Å²) in [4.78, 5) is 2.13. The zero-order chi connectivity index (χ0) is 18.4. The summed E-state index contributed by atoms with van der Waals surface area (Å²) in [5.74, 6) is 0. The average Bonchev–Trinajstić information content (AvgIpc) is 2.86. The van der Waals surface area contributed by atoms with Crippen LogP contribution >= 0.6 is 0 Å². The van der Waals surface area contributed by atoms with Gasteiger partial charge in [0.1, 0.15) is 0 Å². The summed E-state index contributed by atoms with van der Waals surface area (Å²) < 4.78 is 1.94. The van der Waals surface area contributed by atoms with Gasteiger partial charge in [-0.25, -0.2) is 0 Å². The van der Waals surface area contributed by atoms with Gasteiger partial charge in [-0.05, 0) is 44.2 Å². The maximum absolute atomic E-state index is 11.0. The summed E-state index contributed by atoms with van der Waals surface area (Å²) in [6, 6.07) is 0.253. The van der Waals surface area contributed by atoms with Gasteiger partial charge in [-0.2, -0.15) is 10.2 Å². The Bertz CT molecular complexity index is 630. The zero-order valence-corrected chi connectivity index (χ0v) is 16.5. The number of aromatic nitrogens is 2. The van der Waals surface area contributed by atoms with Crippen molar-refractivity contribution in [1.82, 2.24) is 19.7 Å². The van der Waals surface area contributed by atoms with Crippen LogP contribution in [0.1, 0.15) is 64.4 Å². The Morgan fingerprint density at radius 2 is 1.84 bits per heavy atom. The van der Waals surface area contributed by atoms with Gasteiger partial charge in [0, 0.05) is 12.1 Å². The molecule has 1 aromatic heterocycles. The Hall–Kier alpha value is -1.40. The van der Waals surface area contributed by atoms with E-state index in [-0.39, 0.29) is 16.9 Å². The number of hydrogen-bond acceptors (Lipinski definition) is 5. The molecule has 1 unspecified atom stereocenters. The van der Waals surface area contributed by atoms with Crippen LogP contribution in [0.4, 0.5) is 0 Å². The standard InChI is InChI=1S/C19H33N5O/c1-18(2)9-14(10-19(3,4)13-18)24-17(25)15-11-20-23(8-7-22(5)6)16(15)12-21-24/h11-12,14,17,25H,7-10,13H2,1-6H3. The van der Waals surface area contributed by atoms with Crippen molar-refractivity contribution >= 4 is 6.21 Å². The molecule has 6 nitrogen and oxygen atoms in total. The second-order valence-corrected chi connectivity index (χ2v) is 9.58. The highest BCUT2D eigenvalue weighted by Gasteiger charge is 2.43. The predicted octanol–water partition coefficient (Wildman–Crippen LogP) is 2.69. The van der Waals surface area contributed by atoms with Crippen molar-refractivity contribution in [3.63, 3.8) is 0 Å². The smallest absolute Gasteiger partial charge is 0.172 e. The van der Waals surface area contributed by atoms with E-state index in [2.05, 4.69) is 42.8 Å². The van der Waals surface area contributed by atoms with Crippen molar-refractivity contribution in [1.29, 1.82) is 0 Å². The normalized spacial score (nSPS) is 25.4. The molecule has 25 heavy (non-hydrogen) atoms. The molecular weight excluding hydrogens is 314 g/mol. The third kappa shape index (κ3) is 3.90. The van der Waals surface area contributed by atoms with Crippen LogP contribution in [0.15, 0.2) is 11.3 Å². The number of hydrazone groups is 1. The highest BCUT2D eigenvalue weighted by molar-refractivity contribution is 5.80. The van der Waals surface area contributed by atoms with E-state index in [9.17, 15) is 5.11 Å². The molecule has 1 aliphatic carbocycles. The van der Waals surface area contributed by atoms with Crippen LogP contribution in [-0.2, 0) is 6.54 Å². The number of rotatable bonds is 4. The van der Waals surface area contributed by atoms with Crippen LogP contribution in [0.5, 0.6) is 0 Å². The lowest BCUT2D eigenvalue weighted by Gasteiger charge is -2.49. The number of likely N-dealkylation sites (N-methyl/N-ethyl adjacent to an activating group) is 1. The van der Waals surface area contributed by atoms with Crippen molar-refractivity contribution in [3.8, 4) is 0 Å². The highest BCUT2D eigenvalue weighted by Crippen LogP contribution is 2.48. The Labute approximate surface area is 151 Å². The molecular formula is C19H33N5O. The maximum Gasteiger partial charge on any atom is 0.172 e. The molecule has 0 aromatic carbocycles. The Morgan fingerprint density at radius 1 is 1.20 bits per heavy atom. The maximum atomic E-state index is 11.0. The van der Waals surface area contributed by atoms with Crippen LogP contribution in [0.2, 0.25) is 0 Å². The molecule has 1 aliphatic heterocycles. The summed E-state index contributed by atoms with van der Waals surface area (Å²) in [6.07, 6.45) is 6.27. The van der Waals surface area contributed by atoms with Crippen molar-refractivity contribution < 1.29 is 5.11 Å². The van der Waals surface area contributed by atoms with E-state index in [1.165, 1.54) is 6.42 Å². The van der Waals surface area contributed by atoms with Crippen LogP contribution in [0.3, 0.4) is 0 Å². The van der Waals surface area contributed by atoms with E-state index < -0.39 is 6.23 Å². The largest absolute Gasteiger partial charge is 0.368 e.